The zero-order valence-electron chi connectivity index (χ0n) is 11.3. The van der Waals surface area contributed by atoms with Crippen molar-refractivity contribution in [3.63, 3.8) is 0 Å². The minimum absolute atomic E-state index is 0.828. The normalized spacial score (nSPS) is 11.7. The van der Waals surface area contributed by atoms with Gasteiger partial charge in [-0.1, -0.05) is 25.1 Å². The zero-order chi connectivity index (χ0) is 13.5. The second-order valence-corrected chi connectivity index (χ2v) is 5.85. The van der Waals surface area contributed by atoms with E-state index >= 15 is 0 Å². The fraction of sp³-hybridized carbons (Fsp3) is 0.188. The number of benzene rings is 1. The Balaban J connectivity index is 1.80. The maximum absolute atomic E-state index is 4.67. The first kappa shape index (κ1) is 11.7. The summed E-state index contributed by atoms with van der Waals surface area (Å²) in [6, 6.07) is 8.71. The van der Waals surface area contributed by atoms with Crippen LogP contribution < -0.4 is 0 Å². The largest absolute Gasteiger partial charge is 0.341 e. The van der Waals surface area contributed by atoms with Crippen LogP contribution in [-0.2, 0) is 13.0 Å². The molecule has 1 aromatic carbocycles. The summed E-state index contributed by atoms with van der Waals surface area (Å²) in [6.07, 6.45) is 7.39. The molecule has 100 valence electrons. The lowest BCUT2D eigenvalue weighted by Crippen LogP contribution is -2.00. The molecule has 0 aliphatic carbocycles. The molecule has 0 atom stereocenters. The summed E-state index contributed by atoms with van der Waals surface area (Å²) in [5.41, 5.74) is 3.85. The average molecular weight is 281 g/mol. The van der Waals surface area contributed by atoms with Crippen LogP contribution in [0.15, 0.2) is 48.2 Å². The third kappa shape index (κ3) is 1.76. The smallest absolute Gasteiger partial charge is 0.193 e. The van der Waals surface area contributed by atoms with E-state index in [9.17, 15) is 0 Å². The van der Waals surface area contributed by atoms with Crippen LogP contribution in [0.2, 0.25) is 0 Å². The van der Waals surface area contributed by atoms with Crippen LogP contribution >= 0.6 is 11.3 Å². The van der Waals surface area contributed by atoms with Crippen molar-refractivity contribution in [3.8, 4) is 0 Å². The van der Waals surface area contributed by atoms with Gasteiger partial charge in [0.2, 0.25) is 0 Å². The molecule has 20 heavy (non-hydrogen) atoms. The second-order valence-electron chi connectivity index (χ2n) is 4.98. The van der Waals surface area contributed by atoms with Crippen LogP contribution in [0.3, 0.4) is 0 Å². The van der Waals surface area contributed by atoms with Crippen molar-refractivity contribution in [3.05, 3.63) is 59.5 Å². The van der Waals surface area contributed by atoms with Gasteiger partial charge in [0.15, 0.2) is 4.96 Å². The van der Waals surface area contributed by atoms with Crippen molar-refractivity contribution in [2.45, 2.75) is 19.9 Å². The summed E-state index contributed by atoms with van der Waals surface area (Å²) < 4.78 is 4.40. The standard InChI is InChI=1S/C16H15N3S/c1-2-12-4-3-5-13-6-7-18(15(12)13)10-14-11-19-8-9-20-16(19)17-14/h3-9,11H,2,10H2,1H3. The molecule has 0 aliphatic rings. The predicted molar refractivity (Wildman–Crippen MR) is 83.5 cm³/mol. The van der Waals surface area contributed by atoms with E-state index in [4.69, 9.17) is 0 Å². The van der Waals surface area contributed by atoms with Crippen molar-refractivity contribution in [1.29, 1.82) is 0 Å². The van der Waals surface area contributed by atoms with Crippen molar-refractivity contribution in [2.24, 2.45) is 0 Å². The van der Waals surface area contributed by atoms with Crippen molar-refractivity contribution < 1.29 is 0 Å². The van der Waals surface area contributed by atoms with Crippen LogP contribution in [0.4, 0.5) is 0 Å². The Labute approximate surface area is 121 Å². The van der Waals surface area contributed by atoms with E-state index in [2.05, 4.69) is 69.1 Å². The SMILES string of the molecule is CCc1cccc2ccn(Cc3cn4ccsc4n3)c12. The number of hydrogen-bond donors (Lipinski definition) is 0. The van der Waals surface area contributed by atoms with Gasteiger partial charge in [0.05, 0.1) is 17.8 Å². The first-order valence-electron chi connectivity index (χ1n) is 6.83. The van der Waals surface area contributed by atoms with E-state index in [0.29, 0.717) is 0 Å². The highest BCUT2D eigenvalue weighted by atomic mass is 32.1. The predicted octanol–water partition coefficient (Wildman–Crippen LogP) is 3.96. The number of aromatic nitrogens is 3. The molecule has 3 nitrogen and oxygen atoms in total. The molecule has 4 rings (SSSR count). The van der Waals surface area contributed by atoms with E-state index in [1.807, 2.05) is 0 Å². The molecule has 0 amide bonds. The Morgan fingerprint density at radius 3 is 3.00 bits per heavy atom. The highest BCUT2D eigenvalue weighted by Gasteiger charge is 2.08. The fourth-order valence-corrected chi connectivity index (χ4v) is 3.50. The average Bonchev–Trinajstić information content (AvgIpc) is 3.13. The number of hydrogen-bond acceptors (Lipinski definition) is 2. The summed E-state index contributed by atoms with van der Waals surface area (Å²) in [6.45, 7) is 3.04. The molecule has 0 spiro atoms. The fourth-order valence-electron chi connectivity index (χ4n) is 2.78. The van der Waals surface area contributed by atoms with Gasteiger partial charge in [0, 0.05) is 24.0 Å². The number of imidazole rings is 1. The molecular formula is C16H15N3S. The van der Waals surface area contributed by atoms with E-state index in [0.717, 1.165) is 23.6 Å². The summed E-state index contributed by atoms with van der Waals surface area (Å²) >= 11 is 1.67. The molecule has 3 aromatic heterocycles. The van der Waals surface area contributed by atoms with Gasteiger partial charge >= 0.3 is 0 Å². The zero-order valence-corrected chi connectivity index (χ0v) is 12.1. The van der Waals surface area contributed by atoms with E-state index in [1.165, 1.54) is 16.5 Å². The Kier molecular flexibility index (Phi) is 2.63. The van der Waals surface area contributed by atoms with Crippen LogP contribution in [0.5, 0.6) is 0 Å². The number of thiazole rings is 1. The number of rotatable bonds is 3. The van der Waals surface area contributed by atoms with Gasteiger partial charge in [-0.25, -0.2) is 4.98 Å². The lowest BCUT2D eigenvalue weighted by molar-refractivity contribution is 0.810. The van der Waals surface area contributed by atoms with Gasteiger partial charge in [0.25, 0.3) is 0 Å². The van der Waals surface area contributed by atoms with Gasteiger partial charge in [-0.05, 0) is 23.4 Å². The van der Waals surface area contributed by atoms with Crippen LogP contribution in [0.1, 0.15) is 18.2 Å². The summed E-state index contributed by atoms with van der Waals surface area (Å²) in [7, 11) is 0. The molecule has 0 radical (unpaired) electrons. The van der Waals surface area contributed by atoms with Gasteiger partial charge in [-0.3, -0.25) is 4.40 Å². The molecule has 0 N–H and O–H groups in total. The minimum atomic E-state index is 0.828. The minimum Gasteiger partial charge on any atom is -0.341 e. The van der Waals surface area contributed by atoms with Gasteiger partial charge in [-0.2, -0.15) is 0 Å². The van der Waals surface area contributed by atoms with Crippen molar-refractivity contribution >= 4 is 27.2 Å². The van der Waals surface area contributed by atoms with E-state index in [-0.39, 0.29) is 0 Å². The first-order chi connectivity index (χ1) is 9.85. The van der Waals surface area contributed by atoms with Gasteiger partial charge < -0.3 is 4.57 Å². The summed E-state index contributed by atoms with van der Waals surface area (Å²) in [5, 5.41) is 3.37. The molecule has 4 heteroatoms. The van der Waals surface area contributed by atoms with Crippen LogP contribution in [0.25, 0.3) is 15.9 Å². The van der Waals surface area contributed by atoms with Crippen molar-refractivity contribution in [2.75, 3.05) is 0 Å². The van der Waals surface area contributed by atoms with Crippen LogP contribution in [0, 0.1) is 0 Å². The van der Waals surface area contributed by atoms with E-state index < -0.39 is 0 Å². The van der Waals surface area contributed by atoms with Crippen LogP contribution in [-0.4, -0.2) is 14.0 Å². The quantitative estimate of drug-likeness (QED) is 0.557. The molecule has 0 bridgehead atoms. The molecule has 0 saturated carbocycles. The highest BCUT2D eigenvalue weighted by molar-refractivity contribution is 7.15. The molecular weight excluding hydrogens is 266 g/mol. The maximum atomic E-state index is 4.67. The Bertz CT molecular complexity index is 853. The molecule has 0 saturated heterocycles. The molecule has 0 unspecified atom stereocenters. The monoisotopic (exact) mass is 281 g/mol. The summed E-state index contributed by atoms with van der Waals surface area (Å²) in [4.78, 5) is 5.73. The lowest BCUT2D eigenvalue weighted by Gasteiger charge is -2.07. The topological polar surface area (TPSA) is 22.2 Å². The maximum Gasteiger partial charge on any atom is 0.193 e. The Hall–Kier alpha value is -2.07. The Morgan fingerprint density at radius 1 is 1.20 bits per heavy atom. The third-order valence-electron chi connectivity index (χ3n) is 3.73. The first-order valence-corrected chi connectivity index (χ1v) is 7.71. The molecule has 3 heterocycles. The number of aryl methyl sites for hydroxylation is 1. The molecule has 0 aliphatic heterocycles. The summed E-state index contributed by atoms with van der Waals surface area (Å²) in [5.74, 6) is 0. The highest BCUT2D eigenvalue weighted by Crippen LogP contribution is 2.22. The van der Waals surface area contributed by atoms with Gasteiger partial charge in [-0.15, -0.1) is 11.3 Å². The molecule has 4 aromatic rings. The lowest BCUT2D eigenvalue weighted by atomic mass is 10.1. The second kappa shape index (κ2) is 4.49. The van der Waals surface area contributed by atoms with Crippen molar-refractivity contribution in [1.82, 2.24) is 14.0 Å². The molecule has 0 fully saturated rings. The number of nitrogens with zero attached hydrogens (tertiary/aromatic N) is 3. The van der Waals surface area contributed by atoms with E-state index in [1.54, 1.807) is 11.3 Å². The van der Waals surface area contributed by atoms with Gasteiger partial charge in [0.1, 0.15) is 0 Å². The third-order valence-corrected chi connectivity index (χ3v) is 4.50. The Morgan fingerprint density at radius 2 is 2.15 bits per heavy atom. The number of para-hydroxylation sites is 1. The number of fused-ring (bicyclic) bond motifs is 2.